The highest BCUT2D eigenvalue weighted by molar-refractivity contribution is 5.80. The molecule has 0 radical (unpaired) electrons. The Balaban J connectivity index is 0.000000475. The summed E-state index contributed by atoms with van der Waals surface area (Å²) in [5.41, 5.74) is 2.86. The van der Waals surface area contributed by atoms with Crippen LogP contribution in [-0.2, 0) is 16.4 Å². The summed E-state index contributed by atoms with van der Waals surface area (Å²) in [7, 11) is 5.12. The van der Waals surface area contributed by atoms with E-state index >= 15 is 0 Å². The molecule has 0 saturated heterocycles. The molecule has 0 aliphatic carbocycles. The molecule has 0 aliphatic heterocycles. The monoisotopic (exact) mass is 521 g/mol. The summed E-state index contributed by atoms with van der Waals surface area (Å²) in [6.07, 6.45) is -3.37. The fourth-order valence-electron chi connectivity index (χ4n) is 3.79. The molecule has 0 aliphatic rings. The van der Waals surface area contributed by atoms with Crippen LogP contribution in [0.5, 0.6) is 11.5 Å². The lowest BCUT2D eigenvalue weighted by Crippen LogP contribution is -2.27. The van der Waals surface area contributed by atoms with E-state index in [9.17, 15) is 18.0 Å². The van der Waals surface area contributed by atoms with Crippen LogP contribution >= 0.6 is 0 Å². The van der Waals surface area contributed by atoms with Crippen molar-refractivity contribution in [2.75, 3.05) is 26.6 Å². The van der Waals surface area contributed by atoms with Gasteiger partial charge in [-0.05, 0) is 55.2 Å². The summed E-state index contributed by atoms with van der Waals surface area (Å²) in [5, 5.41) is 3.18. The van der Waals surface area contributed by atoms with Gasteiger partial charge >= 0.3 is 6.18 Å². The molecular weight excluding hydrogens is 483 g/mol. The third-order valence-corrected chi connectivity index (χ3v) is 5.74. The number of carbonyl (C=O) groups is 1. The fourth-order valence-corrected chi connectivity index (χ4v) is 3.79. The Labute approximate surface area is 218 Å². The minimum atomic E-state index is -4.35. The van der Waals surface area contributed by atoms with Crippen LogP contribution in [0.25, 0.3) is 0 Å². The molecule has 1 unspecified atom stereocenters. The standard InChI is InChI=1S/C21H27NO3.C6H5F3O.C2H6/c1-14(2)15-11-17(20(25-6)12-19(15)24-5)21(3,13-23)16-9-7-8-10-18(16)22-4;1-4-2-3-5(10-4)6(7,8)9;1-2/h7-14,22H,1-6H3;2-3H,1H3;1-2H3. The second kappa shape index (κ2) is 13.8. The van der Waals surface area contributed by atoms with Gasteiger partial charge in [-0.25, -0.2) is 0 Å². The molecule has 0 spiro atoms. The first kappa shape index (κ1) is 31.6. The molecule has 37 heavy (non-hydrogen) atoms. The van der Waals surface area contributed by atoms with Gasteiger partial charge in [-0.3, -0.25) is 0 Å². The number of halogens is 3. The highest BCUT2D eigenvalue weighted by Crippen LogP contribution is 2.43. The number of aldehydes is 1. The van der Waals surface area contributed by atoms with Crippen molar-refractivity contribution >= 4 is 12.0 Å². The van der Waals surface area contributed by atoms with Crippen molar-refractivity contribution in [3.63, 3.8) is 0 Å². The molecular formula is C29H38F3NO4. The number of methoxy groups -OCH3 is 2. The molecule has 3 aromatic rings. The van der Waals surface area contributed by atoms with Gasteiger partial charge < -0.3 is 24.0 Å². The lowest BCUT2D eigenvalue weighted by atomic mass is 9.75. The Hall–Kier alpha value is -3.42. The van der Waals surface area contributed by atoms with Crippen molar-refractivity contribution in [2.45, 2.75) is 59.1 Å². The van der Waals surface area contributed by atoms with Crippen molar-refractivity contribution in [2.24, 2.45) is 0 Å². The van der Waals surface area contributed by atoms with E-state index in [-0.39, 0.29) is 11.7 Å². The number of para-hydroxylation sites is 1. The molecule has 0 bridgehead atoms. The number of carbonyl (C=O) groups excluding carboxylic acids is 1. The molecule has 1 N–H and O–H groups in total. The van der Waals surface area contributed by atoms with Crippen molar-refractivity contribution in [3.8, 4) is 11.5 Å². The van der Waals surface area contributed by atoms with Gasteiger partial charge in [-0.15, -0.1) is 0 Å². The van der Waals surface area contributed by atoms with E-state index in [0.717, 1.165) is 40.5 Å². The number of aryl methyl sites for hydroxylation is 1. The average Bonchev–Trinajstić information content (AvgIpc) is 3.35. The van der Waals surface area contributed by atoms with Gasteiger partial charge in [0.2, 0.25) is 5.76 Å². The van der Waals surface area contributed by atoms with Gasteiger partial charge in [0.25, 0.3) is 0 Å². The highest BCUT2D eigenvalue weighted by atomic mass is 19.4. The maximum atomic E-state index is 12.3. The number of hydrogen-bond donors (Lipinski definition) is 1. The topological polar surface area (TPSA) is 60.7 Å². The molecule has 1 aromatic heterocycles. The maximum absolute atomic E-state index is 12.3. The third-order valence-electron chi connectivity index (χ3n) is 5.74. The van der Waals surface area contributed by atoms with Crippen LogP contribution in [0.3, 0.4) is 0 Å². The van der Waals surface area contributed by atoms with Gasteiger partial charge in [0, 0.05) is 24.4 Å². The van der Waals surface area contributed by atoms with E-state index in [0.29, 0.717) is 5.75 Å². The number of ether oxygens (including phenoxy) is 2. The maximum Gasteiger partial charge on any atom is 0.449 e. The van der Waals surface area contributed by atoms with Crippen LogP contribution in [0, 0.1) is 6.92 Å². The van der Waals surface area contributed by atoms with Crippen LogP contribution in [0.2, 0.25) is 0 Å². The number of nitrogens with one attached hydrogen (secondary N) is 1. The number of furan rings is 1. The van der Waals surface area contributed by atoms with Crippen LogP contribution in [0.15, 0.2) is 52.9 Å². The van der Waals surface area contributed by atoms with Gasteiger partial charge in [0.05, 0.1) is 19.6 Å². The van der Waals surface area contributed by atoms with Crippen LogP contribution < -0.4 is 14.8 Å². The zero-order valence-electron chi connectivity index (χ0n) is 23.0. The predicted molar refractivity (Wildman–Crippen MR) is 142 cm³/mol. The zero-order chi connectivity index (χ0) is 28.4. The predicted octanol–water partition coefficient (Wildman–Crippen LogP) is 8.01. The summed E-state index contributed by atoms with van der Waals surface area (Å²) in [6, 6.07) is 13.9. The largest absolute Gasteiger partial charge is 0.496 e. The van der Waals surface area contributed by atoms with Crippen molar-refractivity contribution in [1.29, 1.82) is 0 Å². The van der Waals surface area contributed by atoms with Gasteiger partial charge in [0.15, 0.2) is 0 Å². The fraction of sp³-hybridized carbons (Fsp3) is 0.414. The number of alkyl halides is 3. The van der Waals surface area contributed by atoms with E-state index in [4.69, 9.17) is 9.47 Å². The van der Waals surface area contributed by atoms with E-state index < -0.39 is 17.4 Å². The second-order valence-electron chi connectivity index (χ2n) is 8.47. The summed E-state index contributed by atoms with van der Waals surface area (Å²) in [5.74, 6) is 1.000. The van der Waals surface area contributed by atoms with E-state index in [2.05, 4.69) is 23.6 Å². The summed E-state index contributed by atoms with van der Waals surface area (Å²) in [6.45, 7) is 11.6. The van der Waals surface area contributed by atoms with Crippen LogP contribution in [0.4, 0.5) is 18.9 Å². The van der Waals surface area contributed by atoms with Gasteiger partial charge in [0.1, 0.15) is 23.5 Å². The second-order valence-corrected chi connectivity index (χ2v) is 8.47. The summed E-state index contributed by atoms with van der Waals surface area (Å²) >= 11 is 0. The Bertz CT molecular complexity index is 1140. The summed E-state index contributed by atoms with van der Waals surface area (Å²) < 4.78 is 50.6. The summed E-state index contributed by atoms with van der Waals surface area (Å²) in [4.78, 5) is 12.3. The van der Waals surface area contributed by atoms with Crippen molar-refractivity contribution in [1.82, 2.24) is 0 Å². The first-order valence-electron chi connectivity index (χ1n) is 12.1. The number of benzene rings is 2. The molecule has 0 amide bonds. The highest BCUT2D eigenvalue weighted by Gasteiger charge is 2.35. The number of rotatable bonds is 7. The molecule has 8 heteroatoms. The van der Waals surface area contributed by atoms with E-state index in [1.807, 2.05) is 64.2 Å². The molecule has 1 heterocycles. The number of anilines is 1. The molecule has 204 valence electrons. The van der Waals surface area contributed by atoms with Crippen LogP contribution in [-0.4, -0.2) is 27.6 Å². The Kier molecular flexibility index (Phi) is 11.8. The average molecular weight is 522 g/mol. The SMILES string of the molecule is CC.CNc1ccccc1C(C)(C=O)c1cc(C(C)C)c(OC)cc1OC.Cc1ccc(C(F)(F)F)o1. The Morgan fingerprint density at radius 2 is 1.54 bits per heavy atom. The van der Waals surface area contributed by atoms with E-state index in [1.54, 1.807) is 14.2 Å². The van der Waals surface area contributed by atoms with E-state index in [1.165, 1.54) is 13.0 Å². The van der Waals surface area contributed by atoms with Crippen molar-refractivity contribution < 1.29 is 31.9 Å². The Morgan fingerprint density at radius 1 is 0.946 bits per heavy atom. The molecule has 3 rings (SSSR count). The first-order chi connectivity index (χ1) is 17.4. The lowest BCUT2D eigenvalue weighted by Gasteiger charge is -2.30. The van der Waals surface area contributed by atoms with Gasteiger partial charge in [-0.2, -0.15) is 13.2 Å². The van der Waals surface area contributed by atoms with Gasteiger partial charge in [-0.1, -0.05) is 45.9 Å². The molecule has 0 fully saturated rings. The quantitative estimate of drug-likeness (QED) is 0.319. The normalized spacial score (nSPS) is 12.4. The molecule has 1 atom stereocenters. The molecule has 2 aromatic carbocycles. The Morgan fingerprint density at radius 3 is 1.95 bits per heavy atom. The number of hydrogen-bond acceptors (Lipinski definition) is 5. The van der Waals surface area contributed by atoms with Crippen LogP contribution in [0.1, 0.15) is 68.7 Å². The zero-order valence-corrected chi connectivity index (χ0v) is 23.0. The van der Waals surface area contributed by atoms with Crippen molar-refractivity contribution in [3.05, 3.63) is 76.7 Å². The smallest absolute Gasteiger partial charge is 0.449 e. The minimum absolute atomic E-state index is 0.259. The third kappa shape index (κ3) is 7.54. The minimum Gasteiger partial charge on any atom is -0.496 e. The molecule has 0 saturated carbocycles. The molecule has 5 nitrogen and oxygen atoms in total. The lowest BCUT2D eigenvalue weighted by molar-refractivity contribution is -0.153. The first-order valence-corrected chi connectivity index (χ1v) is 12.1.